The number of carbonyl (C=O) groups excluding carboxylic acids is 1. The standard InChI is InChI=1S/C10H20N2O/c1-8(2)6-7-11-9(3)10(13)12(4)5/h9,11H,1,6-7H2,2-5H3. The molecule has 1 N–H and O–H groups in total. The van der Waals surface area contributed by atoms with Crippen LogP contribution in [0.2, 0.25) is 0 Å². The third kappa shape index (κ3) is 5.42. The average Bonchev–Trinajstić information content (AvgIpc) is 2.02. The van der Waals surface area contributed by atoms with Crippen molar-refractivity contribution in [2.75, 3.05) is 20.6 Å². The summed E-state index contributed by atoms with van der Waals surface area (Å²) in [6.07, 6.45) is 0.922. The lowest BCUT2D eigenvalue weighted by Crippen LogP contribution is -2.41. The quantitative estimate of drug-likeness (QED) is 0.647. The van der Waals surface area contributed by atoms with E-state index in [4.69, 9.17) is 0 Å². The van der Waals surface area contributed by atoms with E-state index >= 15 is 0 Å². The van der Waals surface area contributed by atoms with Gasteiger partial charge >= 0.3 is 0 Å². The fourth-order valence-electron chi connectivity index (χ4n) is 0.977. The molecule has 0 rings (SSSR count). The minimum absolute atomic E-state index is 0.102. The molecule has 1 unspecified atom stereocenters. The highest BCUT2D eigenvalue weighted by Crippen LogP contribution is 1.94. The highest BCUT2D eigenvalue weighted by molar-refractivity contribution is 5.80. The monoisotopic (exact) mass is 184 g/mol. The molecule has 0 aromatic rings. The predicted octanol–water partition coefficient (Wildman–Crippen LogP) is 1.02. The van der Waals surface area contributed by atoms with E-state index < -0.39 is 0 Å². The summed E-state index contributed by atoms with van der Waals surface area (Å²) in [4.78, 5) is 13.0. The molecule has 0 radical (unpaired) electrons. The normalized spacial score (nSPS) is 12.3. The fraction of sp³-hybridized carbons (Fsp3) is 0.700. The van der Waals surface area contributed by atoms with Gasteiger partial charge in [-0.15, -0.1) is 6.58 Å². The van der Waals surface area contributed by atoms with Crippen LogP contribution < -0.4 is 5.32 Å². The predicted molar refractivity (Wildman–Crippen MR) is 55.6 cm³/mol. The lowest BCUT2D eigenvalue weighted by atomic mass is 10.2. The Morgan fingerprint density at radius 2 is 2.08 bits per heavy atom. The number of nitrogens with one attached hydrogen (secondary N) is 1. The zero-order valence-corrected chi connectivity index (χ0v) is 9.05. The van der Waals surface area contributed by atoms with Gasteiger partial charge < -0.3 is 10.2 Å². The van der Waals surface area contributed by atoms with Gasteiger partial charge in [-0.2, -0.15) is 0 Å². The van der Waals surface area contributed by atoms with Gasteiger partial charge in [0, 0.05) is 14.1 Å². The van der Waals surface area contributed by atoms with Crippen molar-refractivity contribution in [2.24, 2.45) is 0 Å². The number of rotatable bonds is 5. The number of amides is 1. The Bertz CT molecular complexity index is 187. The van der Waals surface area contributed by atoms with E-state index in [1.165, 1.54) is 0 Å². The molecule has 3 nitrogen and oxygen atoms in total. The Labute approximate surface area is 80.8 Å². The SMILES string of the molecule is C=C(C)CCNC(C)C(=O)N(C)C. The van der Waals surface area contributed by atoms with E-state index in [1.54, 1.807) is 19.0 Å². The molecule has 13 heavy (non-hydrogen) atoms. The summed E-state index contributed by atoms with van der Waals surface area (Å²) in [5, 5.41) is 3.14. The Morgan fingerprint density at radius 3 is 2.46 bits per heavy atom. The Kier molecular flexibility index (Phi) is 5.39. The zero-order chi connectivity index (χ0) is 10.4. The topological polar surface area (TPSA) is 32.3 Å². The van der Waals surface area contributed by atoms with Gasteiger partial charge in [-0.1, -0.05) is 5.57 Å². The molecule has 0 saturated heterocycles. The Balaban J connectivity index is 3.68. The van der Waals surface area contributed by atoms with Gasteiger partial charge in [-0.3, -0.25) is 4.79 Å². The van der Waals surface area contributed by atoms with Crippen molar-refractivity contribution in [3.05, 3.63) is 12.2 Å². The molecule has 0 fully saturated rings. The van der Waals surface area contributed by atoms with Gasteiger partial charge in [0.15, 0.2) is 0 Å². The van der Waals surface area contributed by atoms with Crippen LogP contribution in [0.4, 0.5) is 0 Å². The highest BCUT2D eigenvalue weighted by atomic mass is 16.2. The second-order valence-electron chi connectivity index (χ2n) is 3.62. The number of hydrogen-bond donors (Lipinski definition) is 1. The largest absolute Gasteiger partial charge is 0.347 e. The molecular weight excluding hydrogens is 164 g/mol. The molecule has 0 saturated carbocycles. The maximum absolute atomic E-state index is 11.4. The molecule has 0 heterocycles. The molecule has 0 aliphatic carbocycles. The summed E-state index contributed by atoms with van der Waals surface area (Å²) >= 11 is 0. The van der Waals surface area contributed by atoms with Gasteiger partial charge in [-0.25, -0.2) is 0 Å². The van der Waals surface area contributed by atoms with Crippen LogP contribution in [-0.2, 0) is 4.79 Å². The van der Waals surface area contributed by atoms with E-state index in [-0.39, 0.29) is 11.9 Å². The van der Waals surface area contributed by atoms with Crippen LogP contribution in [0.5, 0.6) is 0 Å². The van der Waals surface area contributed by atoms with Crippen molar-refractivity contribution in [1.82, 2.24) is 10.2 Å². The Hall–Kier alpha value is -0.830. The third-order valence-electron chi connectivity index (χ3n) is 1.81. The molecule has 0 aromatic heterocycles. The van der Waals surface area contributed by atoms with Crippen molar-refractivity contribution < 1.29 is 4.79 Å². The molecule has 0 aliphatic heterocycles. The maximum atomic E-state index is 11.4. The summed E-state index contributed by atoms with van der Waals surface area (Å²) < 4.78 is 0. The number of carbonyl (C=O) groups is 1. The fourth-order valence-corrected chi connectivity index (χ4v) is 0.977. The number of hydrogen-bond acceptors (Lipinski definition) is 2. The molecule has 3 heteroatoms. The molecule has 1 amide bonds. The van der Waals surface area contributed by atoms with Crippen molar-refractivity contribution in [2.45, 2.75) is 26.3 Å². The summed E-state index contributed by atoms with van der Waals surface area (Å²) in [5.41, 5.74) is 1.14. The van der Waals surface area contributed by atoms with Crippen LogP contribution in [-0.4, -0.2) is 37.5 Å². The van der Waals surface area contributed by atoms with Crippen LogP contribution in [0, 0.1) is 0 Å². The first kappa shape index (κ1) is 12.2. The van der Waals surface area contributed by atoms with Crippen molar-refractivity contribution in [3.8, 4) is 0 Å². The van der Waals surface area contributed by atoms with E-state index in [0.29, 0.717) is 0 Å². The maximum Gasteiger partial charge on any atom is 0.238 e. The smallest absolute Gasteiger partial charge is 0.238 e. The minimum Gasteiger partial charge on any atom is -0.347 e. The lowest BCUT2D eigenvalue weighted by Gasteiger charge is -2.17. The second-order valence-corrected chi connectivity index (χ2v) is 3.62. The average molecular weight is 184 g/mol. The summed E-state index contributed by atoms with van der Waals surface area (Å²) in [6, 6.07) is -0.102. The van der Waals surface area contributed by atoms with Crippen LogP contribution in [0.25, 0.3) is 0 Å². The van der Waals surface area contributed by atoms with Gasteiger partial charge in [0.25, 0.3) is 0 Å². The van der Waals surface area contributed by atoms with Crippen LogP contribution in [0.3, 0.4) is 0 Å². The highest BCUT2D eigenvalue weighted by Gasteiger charge is 2.12. The van der Waals surface area contributed by atoms with Crippen molar-refractivity contribution >= 4 is 5.91 Å². The van der Waals surface area contributed by atoms with E-state index in [0.717, 1.165) is 18.5 Å². The van der Waals surface area contributed by atoms with E-state index in [1.807, 2.05) is 13.8 Å². The molecule has 0 bridgehead atoms. The molecule has 0 aromatic carbocycles. The van der Waals surface area contributed by atoms with Gasteiger partial charge in [0.1, 0.15) is 0 Å². The van der Waals surface area contributed by atoms with Gasteiger partial charge in [0.2, 0.25) is 5.91 Å². The van der Waals surface area contributed by atoms with Crippen LogP contribution >= 0.6 is 0 Å². The third-order valence-corrected chi connectivity index (χ3v) is 1.81. The molecule has 0 aliphatic rings. The molecule has 1 atom stereocenters. The van der Waals surface area contributed by atoms with Crippen molar-refractivity contribution in [1.29, 1.82) is 0 Å². The lowest BCUT2D eigenvalue weighted by molar-refractivity contribution is -0.130. The van der Waals surface area contributed by atoms with Crippen LogP contribution in [0.1, 0.15) is 20.3 Å². The van der Waals surface area contributed by atoms with Crippen molar-refractivity contribution in [3.63, 3.8) is 0 Å². The molecular formula is C10H20N2O. The minimum atomic E-state index is -0.102. The van der Waals surface area contributed by atoms with Gasteiger partial charge in [0.05, 0.1) is 6.04 Å². The zero-order valence-electron chi connectivity index (χ0n) is 9.05. The second kappa shape index (κ2) is 5.75. The summed E-state index contributed by atoms with van der Waals surface area (Å²) in [5.74, 6) is 0.113. The number of likely N-dealkylation sites (N-methyl/N-ethyl adjacent to an activating group) is 1. The van der Waals surface area contributed by atoms with Crippen LogP contribution in [0.15, 0.2) is 12.2 Å². The molecule has 0 spiro atoms. The van der Waals surface area contributed by atoms with E-state index in [2.05, 4.69) is 11.9 Å². The number of nitrogens with zero attached hydrogens (tertiary/aromatic N) is 1. The molecule has 76 valence electrons. The first-order valence-electron chi connectivity index (χ1n) is 4.54. The first-order valence-corrected chi connectivity index (χ1v) is 4.54. The van der Waals surface area contributed by atoms with Gasteiger partial charge in [-0.05, 0) is 26.8 Å². The van der Waals surface area contributed by atoms with E-state index in [9.17, 15) is 4.79 Å². The summed E-state index contributed by atoms with van der Waals surface area (Å²) in [6.45, 7) is 8.47. The Morgan fingerprint density at radius 1 is 1.54 bits per heavy atom. The first-order chi connectivity index (χ1) is 5.95. The summed E-state index contributed by atoms with van der Waals surface area (Å²) in [7, 11) is 3.53.